The van der Waals surface area contributed by atoms with Gasteiger partial charge in [-0.25, -0.2) is 9.59 Å². The highest BCUT2D eigenvalue weighted by Crippen LogP contribution is 2.27. The van der Waals surface area contributed by atoms with Crippen molar-refractivity contribution in [1.29, 1.82) is 0 Å². The van der Waals surface area contributed by atoms with Crippen molar-refractivity contribution in [2.75, 3.05) is 10.6 Å². The number of anilines is 2. The summed E-state index contributed by atoms with van der Waals surface area (Å²) in [5.41, 5.74) is 0.127. The number of carboxylic acid groups (broad SMARTS) is 2. The Morgan fingerprint density at radius 2 is 1.50 bits per heavy atom. The molecule has 0 saturated heterocycles. The van der Waals surface area contributed by atoms with Gasteiger partial charge in [0.1, 0.15) is 0 Å². The van der Waals surface area contributed by atoms with Crippen molar-refractivity contribution in [3.05, 3.63) is 88.4 Å². The van der Waals surface area contributed by atoms with Crippen LogP contribution in [0.15, 0.2) is 71.6 Å². The normalized spacial score (nSPS) is 11.4. The number of nitrogens with one attached hydrogen (secondary N) is 2. The monoisotopic (exact) mass is 498 g/mol. The number of amides is 2. The van der Waals surface area contributed by atoms with Gasteiger partial charge in [-0.3, -0.25) is 9.59 Å². The molecular weight excluding hydrogens is 480 g/mol. The fourth-order valence-corrected chi connectivity index (χ4v) is 4.08. The van der Waals surface area contributed by atoms with Crippen molar-refractivity contribution >= 4 is 58.5 Å². The smallest absolute Gasteiger partial charge is 0.336 e. The third-order valence-electron chi connectivity index (χ3n) is 4.61. The minimum Gasteiger partial charge on any atom is -0.478 e. The molecule has 3 rings (SSSR count). The van der Waals surface area contributed by atoms with E-state index >= 15 is 0 Å². The van der Waals surface area contributed by atoms with E-state index in [0.717, 1.165) is 18.2 Å². The van der Waals surface area contributed by atoms with Crippen LogP contribution in [0.25, 0.3) is 0 Å². The molecule has 1 atom stereocenters. The van der Waals surface area contributed by atoms with Crippen LogP contribution in [0.1, 0.15) is 38.0 Å². The Labute approximate surface area is 203 Å². The zero-order valence-electron chi connectivity index (χ0n) is 17.7. The first-order valence-corrected chi connectivity index (χ1v) is 11.1. The first-order chi connectivity index (χ1) is 16.1. The Morgan fingerprint density at radius 1 is 0.824 bits per heavy atom. The number of carboxylic acids is 2. The van der Waals surface area contributed by atoms with Crippen molar-refractivity contribution in [1.82, 2.24) is 0 Å². The van der Waals surface area contributed by atoms with Crippen LogP contribution in [0.5, 0.6) is 0 Å². The minimum atomic E-state index is -1.42. The van der Waals surface area contributed by atoms with Crippen molar-refractivity contribution < 1.29 is 29.4 Å². The average molecular weight is 499 g/mol. The summed E-state index contributed by atoms with van der Waals surface area (Å²) in [5, 5.41) is 23.9. The van der Waals surface area contributed by atoms with Crippen LogP contribution in [0.4, 0.5) is 11.4 Å². The third-order valence-corrected chi connectivity index (χ3v) is 5.94. The number of carbonyl (C=O) groups is 4. The van der Waals surface area contributed by atoms with Crippen LogP contribution in [0, 0.1) is 0 Å². The van der Waals surface area contributed by atoms with Gasteiger partial charge in [-0.15, -0.1) is 11.8 Å². The van der Waals surface area contributed by atoms with Gasteiger partial charge in [0.15, 0.2) is 0 Å². The first-order valence-electron chi connectivity index (χ1n) is 9.89. The lowest BCUT2D eigenvalue weighted by Crippen LogP contribution is -2.22. The molecule has 0 spiro atoms. The molecule has 0 bridgehead atoms. The Balaban J connectivity index is 1.71. The summed E-state index contributed by atoms with van der Waals surface area (Å²) in [6.45, 7) is 1.74. The van der Waals surface area contributed by atoms with Crippen molar-refractivity contribution in [2.45, 2.75) is 17.1 Å². The molecule has 0 aliphatic heterocycles. The summed E-state index contributed by atoms with van der Waals surface area (Å²) in [7, 11) is 0. The molecule has 0 aliphatic carbocycles. The zero-order chi connectivity index (χ0) is 24.8. The molecule has 3 aromatic rings. The number of halogens is 1. The second-order valence-electron chi connectivity index (χ2n) is 7.11. The Hall–Kier alpha value is -3.82. The largest absolute Gasteiger partial charge is 0.478 e. The maximum Gasteiger partial charge on any atom is 0.336 e. The van der Waals surface area contributed by atoms with E-state index in [0.29, 0.717) is 21.3 Å². The van der Waals surface area contributed by atoms with Gasteiger partial charge in [-0.1, -0.05) is 23.7 Å². The Kier molecular flexibility index (Phi) is 7.93. The number of benzene rings is 3. The van der Waals surface area contributed by atoms with Crippen molar-refractivity contribution in [3.8, 4) is 0 Å². The summed E-state index contributed by atoms with van der Waals surface area (Å²) < 4.78 is 0. The van der Waals surface area contributed by atoms with E-state index in [4.69, 9.17) is 16.7 Å². The molecule has 4 N–H and O–H groups in total. The quantitative estimate of drug-likeness (QED) is 0.317. The molecule has 174 valence electrons. The predicted molar refractivity (Wildman–Crippen MR) is 130 cm³/mol. The zero-order valence-corrected chi connectivity index (χ0v) is 19.3. The minimum absolute atomic E-state index is 0.176. The second-order valence-corrected chi connectivity index (χ2v) is 8.96. The highest BCUT2D eigenvalue weighted by molar-refractivity contribution is 8.00. The fourth-order valence-electron chi connectivity index (χ4n) is 2.97. The van der Waals surface area contributed by atoms with E-state index in [2.05, 4.69) is 10.6 Å². The van der Waals surface area contributed by atoms with Gasteiger partial charge in [0, 0.05) is 21.3 Å². The van der Waals surface area contributed by atoms with Crippen LogP contribution >= 0.6 is 23.4 Å². The average Bonchev–Trinajstić information content (AvgIpc) is 2.78. The molecule has 0 aromatic heterocycles. The van der Waals surface area contributed by atoms with Gasteiger partial charge >= 0.3 is 11.9 Å². The number of hydrogen-bond donors (Lipinski definition) is 4. The van der Waals surface area contributed by atoms with Gasteiger partial charge < -0.3 is 20.8 Å². The summed E-state index contributed by atoms with van der Waals surface area (Å²) in [4.78, 5) is 48.5. The SMILES string of the molecule is CC(Sc1cccc(NC(=O)c2ccc(C(=O)O)cc2C(=O)O)c1)C(=O)Nc1cccc(Cl)c1. The van der Waals surface area contributed by atoms with E-state index in [1.54, 1.807) is 55.5 Å². The lowest BCUT2D eigenvalue weighted by molar-refractivity contribution is -0.115. The maximum atomic E-state index is 12.7. The summed E-state index contributed by atoms with van der Waals surface area (Å²) in [6, 6.07) is 16.8. The molecule has 0 aliphatic rings. The Morgan fingerprint density at radius 3 is 2.15 bits per heavy atom. The molecule has 0 fully saturated rings. The lowest BCUT2D eigenvalue weighted by Gasteiger charge is -2.13. The second kappa shape index (κ2) is 10.9. The van der Waals surface area contributed by atoms with Crippen LogP contribution < -0.4 is 10.6 Å². The van der Waals surface area contributed by atoms with Gasteiger partial charge in [-0.05, 0) is 61.5 Å². The number of carbonyl (C=O) groups excluding carboxylic acids is 2. The molecule has 0 saturated carbocycles. The van der Waals surface area contributed by atoms with E-state index in [9.17, 15) is 24.3 Å². The van der Waals surface area contributed by atoms with E-state index in [1.807, 2.05) is 0 Å². The van der Waals surface area contributed by atoms with Crippen molar-refractivity contribution in [3.63, 3.8) is 0 Å². The Bertz CT molecular complexity index is 1280. The predicted octanol–water partition coefficient (Wildman–Crippen LogP) is 5.11. The molecule has 3 aromatic carbocycles. The molecule has 1 unspecified atom stereocenters. The number of hydrogen-bond acceptors (Lipinski definition) is 5. The van der Waals surface area contributed by atoms with E-state index < -0.39 is 28.7 Å². The molecule has 0 radical (unpaired) electrons. The van der Waals surface area contributed by atoms with E-state index in [1.165, 1.54) is 11.8 Å². The van der Waals surface area contributed by atoms with Crippen molar-refractivity contribution in [2.24, 2.45) is 0 Å². The van der Waals surface area contributed by atoms with Gasteiger partial charge in [0.05, 0.1) is 21.9 Å². The standard InChI is InChI=1S/C24H19ClN2O6S/c1-13(21(28)26-16-5-2-4-15(25)11-16)34-18-7-3-6-17(12-18)27-22(29)19-9-8-14(23(30)31)10-20(19)24(32)33/h2-13H,1H3,(H,26,28)(H,27,29)(H,30,31)(H,32,33). The maximum absolute atomic E-state index is 12.7. The van der Waals surface area contributed by atoms with Crippen LogP contribution in [-0.2, 0) is 4.79 Å². The first kappa shape index (κ1) is 24.8. The summed E-state index contributed by atoms with van der Waals surface area (Å²) in [6.07, 6.45) is 0. The van der Waals surface area contributed by atoms with Crippen LogP contribution in [-0.4, -0.2) is 39.2 Å². The highest BCUT2D eigenvalue weighted by Gasteiger charge is 2.20. The number of aromatic carboxylic acids is 2. The summed E-state index contributed by atoms with van der Waals surface area (Å²) >= 11 is 7.21. The molecular formula is C24H19ClN2O6S. The lowest BCUT2D eigenvalue weighted by atomic mass is 10.0. The molecule has 0 heterocycles. The van der Waals surface area contributed by atoms with Gasteiger partial charge in [0.2, 0.25) is 5.91 Å². The highest BCUT2D eigenvalue weighted by atomic mass is 35.5. The summed E-state index contributed by atoms with van der Waals surface area (Å²) in [5.74, 6) is -3.65. The third kappa shape index (κ3) is 6.37. The fraction of sp³-hybridized carbons (Fsp3) is 0.0833. The topological polar surface area (TPSA) is 133 Å². The van der Waals surface area contributed by atoms with E-state index in [-0.39, 0.29) is 17.0 Å². The van der Waals surface area contributed by atoms with Gasteiger partial charge in [-0.2, -0.15) is 0 Å². The van der Waals surface area contributed by atoms with Crippen LogP contribution in [0.3, 0.4) is 0 Å². The molecule has 34 heavy (non-hydrogen) atoms. The number of thioether (sulfide) groups is 1. The molecule has 10 heteroatoms. The van der Waals surface area contributed by atoms with Gasteiger partial charge in [0.25, 0.3) is 5.91 Å². The molecule has 8 nitrogen and oxygen atoms in total. The van der Waals surface area contributed by atoms with Crippen LogP contribution in [0.2, 0.25) is 5.02 Å². The molecule has 2 amide bonds. The number of rotatable bonds is 8.